The van der Waals surface area contributed by atoms with E-state index < -0.39 is 0 Å². The van der Waals surface area contributed by atoms with Crippen LogP contribution >= 0.6 is 11.3 Å². The lowest BCUT2D eigenvalue weighted by Crippen LogP contribution is -2.22. The number of carbonyl (C=O) groups is 2. The maximum absolute atomic E-state index is 12.5. The molecule has 0 saturated heterocycles. The second kappa shape index (κ2) is 10.0. The highest BCUT2D eigenvalue weighted by Crippen LogP contribution is 2.24. The van der Waals surface area contributed by atoms with E-state index in [4.69, 9.17) is 4.74 Å². The van der Waals surface area contributed by atoms with Crippen LogP contribution in [-0.4, -0.2) is 34.1 Å². The number of carbonyl (C=O) groups excluding carboxylic acids is 2. The second-order valence-electron chi connectivity index (χ2n) is 7.19. The number of nitrogens with zero attached hydrogens (tertiary/aromatic N) is 3. The summed E-state index contributed by atoms with van der Waals surface area (Å²) < 4.78 is 5.21. The van der Waals surface area contributed by atoms with Gasteiger partial charge < -0.3 is 10.1 Å². The first-order valence-corrected chi connectivity index (χ1v) is 11.0. The molecule has 4 aromatic rings. The summed E-state index contributed by atoms with van der Waals surface area (Å²) in [6, 6.07) is 16.4. The molecule has 0 atom stereocenters. The molecular weight excluding hydrogens is 438 g/mol. The minimum Gasteiger partial charge on any atom is -0.497 e. The van der Waals surface area contributed by atoms with Gasteiger partial charge in [-0.1, -0.05) is 29.5 Å². The second-order valence-corrected chi connectivity index (χ2v) is 8.03. The first-order valence-electron chi connectivity index (χ1n) is 10.1. The number of hydrogen-bond acceptors (Lipinski definition) is 7. The smallest absolute Gasteiger partial charge is 0.257 e. The summed E-state index contributed by atoms with van der Waals surface area (Å²) in [5, 5.41) is 13.6. The van der Waals surface area contributed by atoms with Gasteiger partial charge in [-0.25, -0.2) is 0 Å². The van der Waals surface area contributed by atoms with Crippen LogP contribution in [0.1, 0.15) is 31.8 Å². The maximum Gasteiger partial charge on any atom is 0.257 e. The summed E-state index contributed by atoms with van der Waals surface area (Å²) in [7, 11) is 1.60. The van der Waals surface area contributed by atoms with Crippen molar-refractivity contribution in [2.45, 2.75) is 13.5 Å². The predicted molar refractivity (Wildman–Crippen MR) is 126 cm³/mol. The Morgan fingerprint density at radius 2 is 1.88 bits per heavy atom. The molecule has 2 aromatic carbocycles. The number of aryl methyl sites for hydroxylation is 1. The Bertz CT molecular complexity index is 1270. The average molecular weight is 460 g/mol. The molecule has 0 spiro atoms. The van der Waals surface area contributed by atoms with Gasteiger partial charge in [0.15, 0.2) is 0 Å². The number of benzene rings is 2. The highest BCUT2D eigenvalue weighted by molar-refractivity contribution is 7.13. The van der Waals surface area contributed by atoms with Crippen LogP contribution in [0.25, 0.3) is 11.3 Å². The largest absolute Gasteiger partial charge is 0.497 e. The quantitative estimate of drug-likeness (QED) is 0.431. The highest BCUT2D eigenvalue weighted by atomic mass is 32.1. The lowest BCUT2D eigenvalue weighted by atomic mass is 10.0. The highest BCUT2D eigenvalue weighted by Gasteiger charge is 2.13. The Kier molecular flexibility index (Phi) is 6.70. The summed E-state index contributed by atoms with van der Waals surface area (Å²) >= 11 is 1.25. The Labute approximate surface area is 194 Å². The molecule has 2 amide bonds. The van der Waals surface area contributed by atoms with Crippen LogP contribution in [-0.2, 0) is 6.54 Å². The van der Waals surface area contributed by atoms with Gasteiger partial charge in [0.2, 0.25) is 5.13 Å². The van der Waals surface area contributed by atoms with E-state index in [0.29, 0.717) is 28.5 Å². The van der Waals surface area contributed by atoms with Crippen molar-refractivity contribution in [3.05, 3.63) is 88.6 Å². The van der Waals surface area contributed by atoms with Crippen molar-refractivity contribution in [2.75, 3.05) is 12.4 Å². The van der Waals surface area contributed by atoms with Gasteiger partial charge in [0.25, 0.3) is 11.8 Å². The van der Waals surface area contributed by atoms with Crippen molar-refractivity contribution in [3.63, 3.8) is 0 Å². The number of ether oxygens (including phenoxy) is 1. The number of amides is 2. The molecule has 0 radical (unpaired) electrons. The fourth-order valence-corrected chi connectivity index (χ4v) is 3.63. The van der Waals surface area contributed by atoms with Crippen LogP contribution in [0.4, 0.5) is 5.13 Å². The fourth-order valence-electron chi connectivity index (χ4n) is 3.19. The van der Waals surface area contributed by atoms with Crippen LogP contribution in [0.2, 0.25) is 0 Å². The molecule has 9 heteroatoms. The number of rotatable bonds is 7. The molecule has 8 nitrogen and oxygen atoms in total. The fraction of sp³-hybridized carbons (Fsp3) is 0.125. The van der Waals surface area contributed by atoms with Crippen molar-refractivity contribution in [3.8, 4) is 17.0 Å². The Balaban J connectivity index is 1.46. The van der Waals surface area contributed by atoms with E-state index in [1.165, 1.54) is 17.5 Å². The number of aromatic nitrogens is 3. The summed E-state index contributed by atoms with van der Waals surface area (Å²) in [5.74, 6) is 0.239. The van der Waals surface area contributed by atoms with E-state index >= 15 is 0 Å². The molecular formula is C24H21N5O3S. The van der Waals surface area contributed by atoms with Crippen LogP contribution < -0.4 is 15.4 Å². The molecule has 0 bridgehead atoms. The molecule has 4 rings (SSSR count). The van der Waals surface area contributed by atoms with Gasteiger partial charge in [0.1, 0.15) is 11.3 Å². The zero-order valence-electron chi connectivity index (χ0n) is 18.0. The third kappa shape index (κ3) is 5.39. The van der Waals surface area contributed by atoms with E-state index in [-0.39, 0.29) is 11.8 Å². The van der Waals surface area contributed by atoms with Gasteiger partial charge in [-0.15, -0.1) is 10.2 Å². The zero-order chi connectivity index (χ0) is 23.2. The lowest BCUT2D eigenvalue weighted by Gasteiger charge is -2.10. The van der Waals surface area contributed by atoms with Gasteiger partial charge in [-0.3, -0.25) is 19.9 Å². The van der Waals surface area contributed by atoms with Gasteiger partial charge in [-0.05, 0) is 54.4 Å². The SMILES string of the molecule is COc1cccc(CNC(=O)c2ccc(-c3cc(C(=O)Nc4nncs4)ccc3C)nc2)c1. The van der Waals surface area contributed by atoms with E-state index in [1.54, 1.807) is 36.9 Å². The Morgan fingerprint density at radius 3 is 2.61 bits per heavy atom. The normalized spacial score (nSPS) is 10.5. The van der Waals surface area contributed by atoms with Crippen molar-refractivity contribution >= 4 is 28.3 Å². The molecule has 0 saturated carbocycles. The minimum atomic E-state index is -0.276. The third-order valence-corrected chi connectivity index (χ3v) is 5.58. The summed E-state index contributed by atoms with van der Waals surface area (Å²) in [6.07, 6.45) is 1.53. The van der Waals surface area contributed by atoms with Crippen molar-refractivity contribution in [1.29, 1.82) is 0 Å². The minimum absolute atomic E-state index is 0.223. The lowest BCUT2D eigenvalue weighted by molar-refractivity contribution is 0.0949. The summed E-state index contributed by atoms with van der Waals surface area (Å²) in [5.41, 5.74) is 5.86. The molecule has 0 aliphatic carbocycles. The average Bonchev–Trinajstić information content (AvgIpc) is 3.36. The number of pyridine rings is 1. The first-order chi connectivity index (χ1) is 16.0. The van der Waals surface area contributed by atoms with Gasteiger partial charge in [-0.2, -0.15) is 0 Å². The third-order valence-electron chi connectivity index (χ3n) is 4.97. The van der Waals surface area contributed by atoms with E-state index in [2.05, 4.69) is 25.8 Å². The monoisotopic (exact) mass is 459 g/mol. The molecule has 0 aliphatic heterocycles. The Morgan fingerprint density at radius 1 is 1.03 bits per heavy atom. The number of nitrogens with one attached hydrogen (secondary N) is 2. The van der Waals surface area contributed by atoms with Crippen LogP contribution in [0.3, 0.4) is 0 Å². The van der Waals surface area contributed by atoms with Gasteiger partial charge >= 0.3 is 0 Å². The molecule has 2 N–H and O–H groups in total. The molecule has 0 unspecified atom stereocenters. The predicted octanol–water partition coefficient (Wildman–Crippen LogP) is 4.10. The van der Waals surface area contributed by atoms with Crippen LogP contribution in [0, 0.1) is 6.92 Å². The standard InChI is InChI=1S/C24H21N5O3S/c1-15-6-7-17(23(31)28-24-29-27-14-33-24)11-20(15)21-9-8-18(13-25-21)22(30)26-12-16-4-3-5-19(10-16)32-2/h3-11,13-14H,12H2,1-2H3,(H,26,30)(H,28,29,31). The molecule has 2 aromatic heterocycles. The molecule has 0 fully saturated rings. The van der Waals surface area contributed by atoms with Gasteiger partial charge in [0, 0.05) is 23.9 Å². The zero-order valence-corrected chi connectivity index (χ0v) is 18.8. The van der Waals surface area contributed by atoms with E-state index in [1.807, 2.05) is 37.3 Å². The summed E-state index contributed by atoms with van der Waals surface area (Å²) in [6.45, 7) is 2.32. The topological polar surface area (TPSA) is 106 Å². The Hall–Kier alpha value is -4.11. The number of methoxy groups -OCH3 is 1. The number of anilines is 1. The van der Waals surface area contributed by atoms with Crippen LogP contribution in [0.5, 0.6) is 5.75 Å². The maximum atomic E-state index is 12.5. The molecule has 2 heterocycles. The van der Waals surface area contributed by atoms with Crippen molar-refractivity contribution in [1.82, 2.24) is 20.5 Å². The molecule has 166 valence electrons. The molecule has 33 heavy (non-hydrogen) atoms. The summed E-state index contributed by atoms with van der Waals surface area (Å²) in [4.78, 5) is 29.5. The molecule has 0 aliphatic rings. The van der Waals surface area contributed by atoms with Crippen LogP contribution in [0.15, 0.2) is 66.3 Å². The number of hydrogen-bond donors (Lipinski definition) is 2. The van der Waals surface area contributed by atoms with E-state index in [0.717, 1.165) is 22.4 Å². The van der Waals surface area contributed by atoms with Crippen molar-refractivity contribution in [2.24, 2.45) is 0 Å². The van der Waals surface area contributed by atoms with Crippen molar-refractivity contribution < 1.29 is 14.3 Å². The van der Waals surface area contributed by atoms with E-state index in [9.17, 15) is 9.59 Å². The first kappa shape index (κ1) is 22.1. The van der Waals surface area contributed by atoms with Gasteiger partial charge in [0.05, 0.1) is 18.4 Å².